The Balaban J connectivity index is 1.68. The van der Waals surface area contributed by atoms with Crippen molar-refractivity contribution in [2.24, 2.45) is 0 Å². The van der Waals surface area contributed by atoms with Crippen LogP contribution in [0.3, 0.4) is 0 Å². The van der Waals surface area contributed by atoms with Gasteiger partial charge in [0, 0.05) is 18.7 Å². The average molecular weight is 266 g/mol. The SMILES string of the molecule is Cc1noc(C)c1CNCc1ccc2ccccc2c1. The lowest BCUT2D eigenvalue weighted by Crippen LogP contribution is -2.13. The first-order valence-electron chi connectivity index (χ1n) is 6.84. The lowest BCUT2D eigenvalue weighted by Gasteiger charge is -2.06. The second-order valence-electron chi connectivity index (χ2n) is 5.09. The van der Waals surface area contributed by atoms with Crippen LogP contribution in [0.4, 0.5) is 0 Å². The molecule has 102 valence electrons. The molecule has 2 aromatic carbocycles. The predicted octanol–water partition coefficient (Wildman–Crippen LogP) is 3.73. The van der Waals surface area contributed by atoms with Crippen LogP contribution in [0, 0.1) is 13.8 Å². The van der Waals surface area contributed by atoms with Gasteiger partial charge in [-0.25, -0.2) is 0 Å². The van der Waals surface area contributed by atoms with Gasteiger partial charge in [-0.3, -0.25) is 0 Å². The van der Waals surface area contributed by atoms with Crippen LogP contribution in [-0.2, 0) is 13.1 Å². The maximum atomic E-state index is 5.17. The number of fused-ring (bicyclic) bond motifs is 1. The maximum absolute atomic E-state index is 5.17. The fourth-order valence-corrected chi connectivity index (χ4v) is 2.43. The van der Waals surface area contributed by atoms with E-state index in [4.69, 9.17) is 4.52 Å². The van der Waals surface area contributed by atoms with Gasteiger partial charge in [-0.1, -0.05) is 41.6 Å². The van der Waals surface area contributed by atoms with Crippen molar-refractivity contribution in [1.29, 1.82) is 0 Å². The summed E-state index contributed by atoms with van der Waals surface area (Å²) in [6, 6.07) is 15.0. The molecule has 0 saturated carbocycles. The molecule has 1 aromatic heterocycles. The van der Waals surface area contributed by atoms with Gasteiger partial charge in [-0.05, 0) is 36.2 Å². The van der Waals surface area contributed by atoms with Crippen molar-refractivity contribution in [2.45, 2.75) is 26.9 Å². The molecule has 0 spiro atoms. The van der Waals surface area contributed by atoms with E-state index in [1.54, 1.807) is 0 Å². The van der Waals surface area contributed by atoms with Crippen molar-refractivity contribution in [1.82, 2.24) is 10.5 Å². The third-order valence-corrected chi connectivity index (χ3v) is 3.63. The highest BCUT2D eigenvalue weighted by molar-refractivity contribution is 5.82. The van der Waals surface area contributed by atoms with Crippen LogP contribution in [0.15, 0.2) is 47.0 Å². The van der Waals surface area contributed by atoms with Gasteiger partial charge in [0.1, 0.15) is 5.76 Å². The number of aromatic nitrogens is 1. The standard InChI is InChI=1S/C17H18N2O/c1-12-17(13(2)20-19-12)11-18-10-14-7-8-15-5-3-4-6-16(15)9-14/h3-9,18H,10-11H2,1-2H3. The van der Waals surface area contributed by atoms with Crippen LogP contribution in [0.25, 0.3) is 10.8 Å². The molecule has 0 aliphatic carbocycles. The zero-order valence-corrected chi connectivity index (χ0v) is 11.8. The Kier molecular flexibility index (Phi) is 3.52. The molecule has 0 unspecified atom stereocenters. The van der Waals surface area contributed by atoms with E-state index in [0.717, 1.165) is 30.1 Å². The van der Waals surface area contributed by atoms with Gasteiger partial charge >= 0.3 is 0 Å². The molecule has 1 heterocycles. The maximum Gasteiger partial charge on any atom is 0.138 e. The highest BCUT2D eigenvalue weighted by Gasteiger charge is 2.07. The largest absolute Gasteiger partial charge is 0.361 e. The minimum atomic E-state index is 0.786. The van der Waals surface area contributed by atoms with E-state index >= 15 is 0 Å². The number of rotatable bonds is 4. The molecule has 0 aliphatic heterocycles. The second kappa shape index (κ2) is 5.47. The van der Waals surface area contributed by atoms with E-state index in [1.807, 2.05) is 13.8 Å². The van der Waals surface area contributed by atoms with Crippen molar-refractivity contribution >= 4 is 10.8 Å². The van der Waals surface area contributed by atoms with Crippen molar-refractivity contribution in [3.05, 3.63) is 65.0 Å². The van der Waals surface area contributed by atoms with Crippen LogP contribution >= 0.6 is 0 Å². The highest BCUT2D eigenvalue weighted by Crippen LogP contribution is 2.16. The Morgan fingerprint density at radius 2 is 1.80 bits per heavy atom. The Hall–Kier alpha value is -2.13. The lowest BCUT2D eigenvalue weighted by atomic mass is 10.1. The fraction of sp³-hybridized carbons (Fsp3) is 0.235. The van der Waals surface area contributed by atoms with Crippen LogP contribution < -0.4 is 5.32 Å². The van der Waals surface area contributed by atoms with Crippen molar-refractivity contribution in [2.75, 3.05) is 0 Å². The predicted molar refractivity (Wildman–Crippen MR) is 80.5 cm³/mol. The summed E-state index contributed by atoms with van der Waals surface area (Å²) in [4.78, 5) is 0. The van der Waals surface area contributed by atoms with Crippen LogP contribution in [0.5, 0.6) is 0 Å². The molecule has 0 fully saturated rings. The zero-order chi connectivity index (χ0) is 13.9. The summed E-state index contributed by atoms with van der Waals surface area (Å²) in [5, 5.41) is 9.98. The smallest absolute Gasteiger partial charge is 0.138 e. The van der Waals surface area contributed by atoms with E-state index in [9.17, 15) is 0 Å². The third-order valence-electron chi connectivity index (χ3n) is 3.63. The molecule has 3 nitrogen and oxygen atoms in total. The Morgan fingerprint density at radius 3 is 2.55 bits per heavy atom. The minimum Gasteiger partial charge on any atom is -0.361 e. The molecule has 3 rings (SSSR count). The summed E-state index contributed by atoms with van der Waals surface area (Å²) in [6.45, 7) is 5.56. The Labute approximate surface area is 118 Å². The number of hydrogen-bond acceptors (Lipinski definition) is 3. The second-order valence-corrected chi connectivity index (χ2v) is 5.09. The lowest BCUT2D eigenvalue weighted by molar-refractivity contribution is 0.392. The van der Waals surface area contributed by atoms with Crippen molar-refractivity contribution in [3.63, 3.8) is 0 Å². The van der Waals surface area contributed by atoms with Gasteiger partial charge in [0.25, 0.3) is 0 Å². The summed E-state index contributed by atoms with van der Waals surface area (Å²) >= 11 is 0. The monoisotopic (exact) mass is 266 g/mol. The van der Waals surface area contributed by atoms with E-state index < -0.39 is 0 Å². The first-order valence-corrected chi connectivity index (χ1v) is 6.84. The molecule has 0 saturated heterocycles. The van der Waals surface area contributed by atoms with E-state index in [-0.39, 0.29) is 0 Å². The molecule has 3 heteroatoms. The molecule has 1 N–H and O–H groups in total. The summed E-state index contributed by atoms with van der Waals surface area (Å²) in [6.07, 6.45) is 0. The molecule has 0 atom stereocenters. The number of nitrogens with one attached hydrogen (secondary N) is 1. The normalized spacial score (nSPS) is 11.1. The van der Waals surface area contributed by atoms with Gasteiger partial charge < -0.3 is 9.84 Å². The molecule has 20 heavy (non-hydrogen) atoms. The van der Waals surface area contributed by atoms with E-state index in [2.05, 4.69) is 52.9 Å². The first-order chi connectivity index (χ1) is 9.74. The van der Waals surface area contributed by atoms with Crippen LogP contribution in [-0.4, -0.2) is 5.16 Å². The number of hydrogen-bond donors (Lipinski definition) is 1. The number of nitrogens with zero attached hydrogens (tertiary/aromatic N) is 1. The minimum absolute atomic E-state index is 0.786. The van der Waals surface area contributed by atoms with E-state index in [1.165, 1.54) is 16.3 Å². The van der Waals surface area contributed by atoms with Gasteiger partial charge in [-0.2, -0.15) is 0 Å². The highest BCUT2D eigenvalue weighted by atomic mass is 16.5. The summed E-state index contributed by atoms with van der Waals surface area (Å²) < 4.78 is 5.17. The molecule has 3 aromatic rings. The molecular weight excluding hydrogens is 248 g/mol. The van der Waals surface area contributed by atoms with Gasteiger partial charge in [0.15, 0.2) is 0 Å². The third kappa shape index (κ3) is 2.58. The molecule has 0 amide bonds. The summed E-state index contributed by atoms with van der Waals surface area (Å²) in [5.74, 6) is 0.897. The molecule has 0 radical (unpaired) electrons. The van der Waals surface area contributed by atoms with Crippen LogP contribution in [0.1, 0.15) is 22.6 Å². The topological polar surface area (TPSA) is 38.1 Å². The first kappa shape index (κ1) is 12.9. The molecule has 0 aliphatic rings. The Bertz CT molecular complexity index is 711. The Morgan fingerprint density at radius 1 is 1.00 bits per heavy atom. The summed E-state index contributed by atoms with van der Waals surface area (Å²) in [7, 11) is 0. The van der Waals surface area contributed by atoms with Gasteiger partial charge in [0.05, 0.1) is 5.69 Å². The van der Waals surface area contributed by atoms with Crippen molar-refractivity contribution in [3.8, 4) is 0 Å². The number of aryl methyl sites for hydroxylation is 2. The average Bonchev–Trinajstić information content (AvgIpc) is 2.79. The van der Waals surface area contributed by atoms with E-state index in [0.29, 0.717) is 0 Å². The molecular formula is C17H18N2O. The quantitative estimate of drug-likeness (QED) is 0.782. The number of benzene rings is 2. The zero-order valence-electron chi connectivity index (χ0n) is 11.8. The van der Waals surface area contributed by atoms with Gasteiger partial charge in [-0.15, -0.1) is 0 Å². The fourth-order valence-electron chi connectivity index (χ4n) is 2.43. The molecule has 0 bridgehead atoms. The van der Waals surface area contributed by atoms with Crippen molar-refractivity contribution < 1.29 is 4.52 Å². The van der Waals surface area contributed by atoms with Gasteiger partial charge in [0.2, 0.25) is 0 Å². The summed E-state index contributed by atoms with van der Waals surface area (Å²) in [5.41, 5.74) is 3.41. The van der Waals surface area contributed by atoms with Crippen LogP contribution in [0.2, 0.25) is 0 Å².